The van der Waals surface area contributed by atoms with Crippen molar-refractivity contribution in [1.82, 2.24) is 37.2 Å². The third-order valence-electron chi connectivity index (χ3n) is 15.1. The number of benzene rings is 2. The Bertz CT molecular complexity index is 2240. The van der Waals surface area contributed by atoms with E-state index in [-0.39, 0.29) is 49.7 Å². The Balaban J connectivity index is 1.10. The molecule has 72 heavy (non-hydrogen) atoms. The number of amides is 7. The van der Waals surface area contributed by atoms with Crippen LogP contribution in [0.1, 0.15) is 155 Å². The van der Waals surface area contributed by atoms with E-state index in [0.717, 1.165) is 43.2 Å². The number of carbonyl (C=O) groups is 7. The number of rotatable bonds is 16. The molecule has 17 nitrogen and oxygen atoms in total. The van der Waals surface area contributed by atoms with Gasteiger partial charge < -0.3 is 51.3 Å². The number of hydrogen-bond acceptors (Lipinski definition) is 10. The minimum Gasteiger partial charge on any atom is -0.444 e. The minimum atomic E-state index is -1.28. The molecule has 2 aromatic rings. The average Bonchev–Trinajstić information content (AvgIpc) is 3.70. The second-order valence-corrected chi connectivity index (χ2v) is 22.2. The molecule has 394 valence electrons. The number of ether oxygens (including phenoxy) is 1. The molecule has 2 heterocycles. The summed E-state index contributed by atoms with van der Waals surface area (Å²) < 4.78 is 18.3. The molecule has 2 bridgehead atoms. The van der Waals surface area contributed by atoms with Crippen LogP contribution in [-0.4, -0.2) is 109 Å². The number of carbonyl (C=O) groups excluding carboxylic acids is 7. The summed E-state index contributed by atoms with van der Waals surface area (Å²) in [7, 11) is -0.665. The molecule has 18 heteroatoms. The Morgan fingerprint density at radius 1 is 0.875 bits per heavy atom. The zero-order valence-electron chi connectivity index (χ0n) is 44.0. The van der Waals surface area contributed by atoms with Crippen LogP contribution in [0.2, 0.25) is 0 Å². The Labute approximate surface area is 426 Å². The monoisotopic (exact) mass is 998 g/mol. The summed E-state index contributed by atoms with van der Waals surface area (Å²) in [5, 5.41) is 19.7. The van der Waals surface area contributed by atoms with E-state index in [1.54, 1.807) is 32.9 Å². The fourth-order valence-electron chi connectivity index (χ4n) is 10.6. The molecule has 7 N–H and O–H groups in total. The first-order chi connectivity index (χ1) is 34.1. The third kappa shape index (κ3) is 14.6. The smallest absolute Gasteiger partial charge is 0.444 e. The van der Waals surface area contributed by atoms with Crippen LogP contribution >= 0.6 is 0 Å². The van der Waals surface area contributed by atoms with Crippen molar-refractivity contribution in [2.45, 2.75) is 193 Å². The summed E-state index contributed by atoms with van der Waals surface area (Å²) in [5.41, 5.74) is 2.53. The molecule has 5 fully saturated rings. The maximum absolute atomic E-state index is 14.2. The van der Waals surface area contributed by atoms with Gasteiger partial charge in [-0.25, -0.2) is 4.79 Å². The lowest BCUT2D eigenvalue weighted by Gasteiger charge is -2.64. The van der Waals surface area contributed by atoms with Crippen LogP contribution in [0.15, 0.2) is 48.5 Å². The van der Waals surface area contributed by atoms with Crippen molar-refractivity contribution in [2.75, 3.05) is 13.1 Å². The predicted molar refractivity (Wildman–Crippen MR) is 275 cm³/mol. The molecule has 7 amide bonds. The van der Waals surface area contributed by atoms with E-state index in [1.165, 1.54) is 12.5 Å². The van der Waals surface area contributed by atoms with E-state index in [0.29, 0.717) is 49.6 Å². The molecule has 2 saturated heterocycles. The van der Waals surface area contributed by atoms with Gasteiger partial charge in [-0.15, -0.1) is 0 Å². The van der Waals surface area contributed by atoms with Gasteiger partial charge in [0.05, 0.1) is 17.6 Å². The number of alkyl carbamates (subject to hydrolysis) is 1. The lowest BCUT2D eigenvalue weighted by atomic mass is 9.43. The maximum atomic E-state index is 14.2. The summed E-state index contributed by atoms with van der Waals surface area (Å²) in [6.07, 6.45) is 6.64. The Kier molecular flexibility index (Phi) is 19.0. The first-order valence-corrected chi connectivity index (χ1v) is 26.4. The first-order valence-electron chi connectivity index (χ1n) is 26.4. The number of aryl methyl sites for hydroxylation is 1. The van der Waals surface area contributed by atoms with E-state index in [9.17, 15) is 33.6 Å². The molecule has 5 aliphatic rings. The first kappa shape index (κ1) is 55.8. The molecule has 9 atom stereocenters. The third-order valence-corrected chi connectivity index (χ3v) is 15.1. The number of hydrogen-bond donors (Lipinski definition) is 7. The van der Waals surface area contributed by atoms with Crippen LogP contribution in [0.25, 0.3) is 11.1 Å². The van der Waals surface area contributed by atoms with Crippen LogP contribution in [-0.2, 0) is 44.4 Å². The van der Waals surface area contributed by atoms with Gasteiger partial charge in [0.2, 0.25) is 29.5 Å². The number of unbranched alkanes of at least 4 members (excludes halogenated alkanes) is 2. The molecular formula is C54H80BN7O10. The second-order valence-electron chi connectivity index (χ2n) is 22.2. The highest BCUT2D eigenvalue weighted by Crippen LogP contribution is 2.65. The molecule has 0 unspecified atom stereocenters. The molecule has 0 aromatic heterocycles. The SMILES string of the molecule is CCCCc1ccc(-c2ccc(C(=O)N[C@@H](CCCCNC(=O)OC(C)(C)C)C(=O)N[C@H]3CCC(=O)NCCCC[C@@H](C(=O)N[C@@H](C)B4O[C@@H]5C[C@@H]6C[C@@H](C6(C)C)[C@]5(C)O4)NC(=O)[C@H](C)NC3=O)cc2)cc1. The fourth-order valence-corrected chi connectivity index (χ4v) is 10.6. The van der Waals surface area contributed by atoms with Crippen LogP contribution in [0.5, 0.6) is 0 Å². The Morgan fingerprint density at radius 3 is 2.24 bits per heavy atom. The van der Waals surface area contributed by atoms with Gasteiger partial charge in [-0.3, -0.25) is 28.8 Å². The molecule has 7 rings (SSSR count). The highest BCUT2D eigenvalue weighted by atomic mass is 16.7. The molecule has 3 aliphatic carbocycles. The number of nitrogens with one attached hydrogen (secondary N) is 7. The van der Waals surface area contributed by atoms with Gasteiger partial charge in [-0.05, 0) is 158 Å². The fraction of sp³-hybridized carbons (Fsp3) is 0.648. The van der Waals surface area contributed by atoms with Crippen LogP contribution in [0.3, 0.4) is 0 Å². The summed E-state index contributed by atoms with van der Waals surface area (Å²) in [6, 6.07) is 10.9. The van der Waals surface area contributed by atoms with Gasteiger partial charge >= 0.3 is 13.2 Å². The summed E-state index contributed by atoms with van der Waals surface area (Å²) in [4.78, 5) is 95.1. The average molecular weight is 998 g/mol. The van der Waals surface area contributed by atoms with E-state index in [4.69, 9.17) is 14.0 Å². The van der Waals surface area contributed by atoms with Crippen molar-refractivity contribution in [3.05, 3.63) is 59.7 Å². The normalized spacial score (nSPS) is 26.3. The van der Waals surface area contributed by atoms with Crippen molar-refractivity contribution < 1.29 is 47.6 Å². The van der Waals surface area contributed by atoms with Gasteiger partial charge in [-0.2, -0.15) is 0 Å². The standard InChI is InChI=1S/C54H80BN7O10/c1-10-11-16-35-19-21-36(22-20-35)37-23-25-38(26-24-37)47(65)61-41(18-13-15-30-57-51(69)70-52(4,5)6)50(68)62-42-27-28-45(63)56-29-14-12-17-40(60-46(64)33(2)58-48(42)66)49(67)59-34(3)55-71-44-32-39-31-43(53(39,7)8)54(44,9)72-55/h19-26,33-34,39-44H,10-18,27-32H2,1-9H3,(H,56,63)(H,57,69)(H,58,66)(H,59,67)(H,60,64)(H,61,65)(H,62,68)/t33-,34-,39-,40-,41-,42-,43-,44+,54-/m0/s1. The highest BCUT2D eigenvalue weighted by molar-refractivity contribution is 6.47. The largest absolute Gasteiger partial charge is 0.481 e. The molecular weight excluding hydrogens is 917 g/mol. The topological polar surface area (TPSA) is 231 Å². The zero-order chi connectivity index (χ0) is 52.4. The molecule has 3 saturated carbocycles. The maximum Gasteiger partial charge on any atom is 0.481 e. The quantitative estimate of drug-likeness (QED) is 0.0788. The highest BCUT2D eigenvalue weighted by Gasteiger charge is 2.68. The lowest BCUT2D eigenvalue weighted by molar-refractivity contribution is -0.199. The van der Waals surface area contributed by atoms with E-state index in [2.05, 4.69) is 89.2 Å². The molecule has 2 aromatic carbocycles. The molecule has 0 spiro atoms. The summed E-state index contributed by atoms with van der Waals surface area (Å²) in [5.74, 6) is -2.90. The molecule has 2 aliphatic heterocycles. The lowest BCUT2D eigenvalue weighted by Crippen LogP contribution is -2.65. The van der Waals surface area contributed by atoms with Gasteiger partial charge in [0.15, 0.2) is 0 Å². The van der Waals surface area contributed by atoms with Crippen molar-refractivity contribution in [1.29, 1.82) is 0 Å². The minimum absolute atomic E-state index is 0.0676. The Morgan fingerprint density at radius 2 is 1.57 bits per heavy atom. The van der Waals surface area contributed by atoms with E-state index in [1.807, 2.05) is 19.1 Å². The van der Waals surface area contributed by atoms with Gasteiger partial charge in [0.25, 0.3) is 5.91 Å². The van der Waals surface area contributed by atoms with Crippen molar-refractivity contribution >= 4 is 48.7 Å². The van der Waals surface area contributed by atoms with Gasteiger partial charge in [0.1, 0.15) is 29.8 Å². The second kappa shape index (κ2) is 24.5. The molecule has 0 radical (unpaired) electrons. The van der Waals surface area contributed by atoms with Crippen LogP contribution < -0.4 is 37.2 Å². The summed E-state index contributed by atoms with van der Waals surface area (Å²) in [6.45, 7) is 18.0. The summed E-state index contributed by atoms with van der Waals surface area (Å²) >= 11 is 0. The van der Waals surface area contributed by atoms with E-state index >= 15 is 0 Å². The van der Waals surface area contributed by atoms with Crippen LogP contribution in [0.4, 0.5) is 4.79 Å². The van der Waals surface area contributed by atoms with Gasteiger partial charge in [0, 0.05) is 25.1 Å². The van der Waals surface area contributed by atoms with Crippen molar-refractivity contribution in [3.8, 4) is 11.1 Å². The Hall–Kier alpha value is -5.49. The van der Waals surface area contributed by atoms with Crippen LogP contribution in [0, 0.1) is 17.3 Å². The van der Waals surface area contributed by atoms with Gasteiger partial charge in [-0.1, -0.05) is 63.6 Å². The van der Waals surface area contributed by atoms with E-state index < -0.39 is 84.1 Å². The van der Waals surface area contributed by atoms with Crippen molar-refractivity contribution in [2.24, 2.45) is 17.3 Å². The van der Waals surface area contributed by atoms with Crippen molar-refractivity contribution in [3.63, 3.8) is 0 Å². The zero-order valence-corrected chi connectivity index (χ0v) is 44.0. The predicted octanol–water partition coefficient (Wildman–Crippen LogP) is 5.82.